The minimum absolute atomic E-state index is 0.0636. The predicted octanol–water partition coefficient (Wildman–Crippen LogP) is 1.91. The third-order valence-electron chi connectivity index (χ3n) is 2.48. The summed E-state index contributed by atoms with van der Waals surface area (Å²) in [4.78, 5) is 2.03. The maximum Gasteiger partial charge on any atom is 0.0765 e. The van der Waals surface area contributed by atoms with E-state index in [-0.39, 0.29) is 6.04 Å². The fraction of sp³-hybridized carbons (Fsp3) is 0.538. The Morgan fingerprint density at radius 2 is 1.81 bits per heavy atom. The van der Waals surface area contributed by atoms with Gasteiger partial charge in [0.25, 0.3) is 0 Å². The first kappa shape index (κ1) is 13.0. The van der Waals surface area contributed by atoms with Crippen molar-refractivity contribution in [3.8, 4) is 0 Å². The van der Waals surface area contributed by atoms with Crippen LogP contribution in [0, 0.1) is 0 Å². The third kappa shape index (κ3) is 3.83. The van der Waals surface area contributed by atoms with Crippen molar-refractivity contribution in [2.45, 2.75) is 32.4 Å². The molecule has 0 aliphatic heterocycles. The van der Waals surface area contributed by atoms with Crippen LogP contribution in [-0.4, -0.2) is 24.3 Å². The summed E-state index contributed by atoms with van der Waals surface area (Å²) in [6, 6.07) is 8.19. The first-order valence-electron chi connectivity index (χ1n) is 5.58. The van der Waals surface area contributed by atoms with E-state index in [0.29, 0.717) is 6.54 Å². The van der Waals surface area contributed by atoms with Crippen molar-refractivity contribution in [2.75, 3.05) is 18.5 Å². The van der Waals surface area contributed by atoms with Crippen LogP contribution < -0.4 is 10.6 Å². The number of benzene rings is 1. The quantitative estimate of drug-likeness (QED) is 0.818. The molecule has 3 N–H and O–H groups in total. The van der Waals surface area contributed by atoms with Crippen molar-refractivity contribution >= 4 is 5.69 Å². The van der Waals surface area contributed by atoms with Crippen LogP contribution in [0.5, 0.6) is 0 Å². The van der Waals surface area contributed by atoms with E-state index >= 15 is 0 Å². The molecule has 1 atom stereocenters. The molecule has 0 saturated heterocycles. The molecule has 1 rings (SSSR count). The molecule has 0 saturated carbocycles. The molecule has 1 aromatic carbocycles. The lowest BCUT2D eigenvalue weighted by Crippen LogP contribution is -2.36. The van der Waals surface area contributed by atoms with Gasteiger partial charge in [-0.2, -0.15) is 0 Å². The zero-order valence-electron chi connectivity index (χ0n) is 10.6. The maximum absolute atomic E-state index is 9.73. The zero-order chi connectivity index (χ0) is 12.3. The minimum atomic E-state index is -0.686. The van der Waals surface area contributed by atoms with Gasteiger partial charge in [-0.25, -0.2) is 0 Å². The van der Waals surface area contributed by atoms with Crippen molar-refractivity contribution in [3.63, 3.8) is 0 Å². The molecule has 16 heavy (non-hydrogen) atoms. The second-order valence-electron chi connectivity index (χ2n) is 5.05. The number of hydrogen-bond acceptors (Lipinski definition) is 3. The summed E-state index contributed by atoms with van der Waals surface area (Å²) in [7, 11) is 1.97. The number of likely N-dealkylation sites (N-methyl/N-ethyl adjacent to an activating group) is 1. The van der Waals surface area contributed by atoms with E-state index in [9.17, 15) is 5.11 Å². The van der Waals surface area contributed by atoms with Gasteiger partial charge < -0.3 is 15.7 Å². The summed E-state index contributed by atoms with van der Waals surface area (Å²) in [5.41, 5.74) is 7.32. The van der Waals surface area contributed by atoms with E-state index < -0.39 is 5.60 Å². The van der Waals surface area contributed by atoms with Gasteiger partial charge in [0.1, 0.15) is 0 Å². The molecule has 1 unspecified atom stereocenters. The molecule has 0 heterocycles. The Balaban J connectivity index is 2.74. The number of anilines is 1. The summed E-state index contributed by atoms with van der Waals surface area (Å²) in [6.07, 6.45) is 0. The fourth-order valence-corrected chi connectivity index (χ4v) is 1.70. The van der Waals surface area contributed by atoms with Gasteiger partial charge in [0.15, 0.2) is 0 Å². The van der Waals surface area contributed by atoms with E-state index in [1.165, 1.54) is 0 Å². The summed E-state index contributed by atoms with van der Waals surface area (Å²) in [5.74, 6) is 0. The van der Waals surface area contributed by atoms with Gasteiger partial charge in [0.05, 0.1) is 5.60 Å². The highest BCUT2D eigenvalue weighted by molar-refractivity contribution is 5.47. The molecular formula is C13H22N2O. The van der Waals surface area contributed by atoms with Gasteiger partial charge in [0.2, 0.25) is 0 Å². The molecule has 0 fully saturated rings. The van der Waals surface area contributed by atoms with Crippen LogP contribution in [0.25, 0.3) is 0 Å². The first-order chi connectivity index (χ1) is 7.29. The Bertz CT molecular complexity index is 325. The molecule has 0 aliphatic carbocycles. The van der Waals surface area contributed by atoms with Gasteiger partial charge in [-0.1, -0.05) is 12.1 Å². The van der Waals surface area contributed by atoms with E-state index in [2.05, 4.69) is 0 Å². The smallest absolute Gasteiger partial charge is 0.0765 e. The van der Waals surface area contributed by atoms with Crippen molar-refractivity contribution in [2.24, 2.45) is 5.73 Å². The highest BCUT2D eigenvalue weighted by Gasteiger charge is 2.15. The molecule has 0 bridgehead atoms. The van der Waals surface area contributed by atoms with Gasteiger partial charge in [-0.3, -0.25) is 0 Å². The molecule has 0 radical (unpaired) electrons. The van der Waals surface area contributed by atoms with Gasteiger partial charge in [-0.05, 0) is 38.5 Å². The normalized spacial score (nSPS) is 13.6. The van der Waals surface area contributed by atoms with Crippen LogP contribution in [0.1, 0.15) is 32.4 Å². The molecule has 3 nitrogen and oxygen atoms in total. The second-order valence-corrected chi connectivity index (χ2v) is 5.05. The Morgan fingerprint density at radius 3 is 2.19 bits per heavy atom. The van der Waals surface area contributed by atoms with Crippen LogP contribution in [-0.2, 0) is 0 Å². The SMILES string of the molecule is CC(N)c1ccc(N(C)CC(C)(C)O)cc1. The van der Waals surface area contributed by atoms with Crippen LogP contribution >= 0.6 is 0 Å². The molecule has 3 heteroatoms. The fourth-order valence-electron chi connectivity index (χ4n) is 1.70. The number of aliphatic hydroxyl groups is 1. The Labute approximate surface area is 97.9 Å². The number of hydrogen-bond donors (Lipinski definition) is 2. The lowest BCUT2D eigenvalue weighted by molar-refractivity contribution is 0.0886. The van der Waals surface area contributed by atoms with Crippen molar-refractivity contribution in [3.05, 3.63) is 29.8 Å². The standard InChI is InChI=1S/C13H22N2O/c1-10(14)11-5-7-12(8-6-11)15(4)9-13(2,3)16/h5-8,10,16H,9,14H2,1-4H3. The highest BCUT2D eigenvalue weighted by atomic mass is 16.3. The lowest BCUT2D eigenvalue weighted by atomic mass is 10.1. The summed E-state index contributed by atoms with van der Waals surface area (Å²) < 4.78 is 0. The van der Waals surface area contributed by atoms with E-state index in [1.807, 2.05) is 43.1 Å². The second kappa shape index (κ2) is 4.85. The van der Waals surface area contributed by atoms with Crippen LogP contribution in [0.4, 0.5) is 5.69 Å². The summed E-state index contributed by atoms with van der Waals surface area (Å²) in [5, 5.41) is 9.73. The van der Waals surface area contributed by atoms with Gasteiger partial charge in [-0.15, -0.1) is 0 Å². The van der Waals surface area contributed by atoms with E-state index in [4.69, 9.17) is 5.73 Å². The average Bonchev–Trinajstić information content (AvgIpc) is 2.15. The van der Waals surface area contributed by atoms with Crippen LogP contribution in [0.15, 0.2) is 24.3 Å². The maximum atomic E-state index is 9.73. The zero-order valence-corrected chi connectivity index (χ0v) is 10.6. The number of nitrogens with two attached hydrogens (primary N) is 1. The minimum Gasteiger partial charge on any atom is -0.389 e. The first-order valence-corrected chi connectivity index (χ1v) is 5.58. The van der Waals surface area contributed by atoms with E-state index in [1.54, 1.807) is 13.8 Å². The van der Waals surface area contributed by atoms with Crippen molar-refractivity contribution in [1.82, 2.24) is 0 Å². The number of rotatable bonds is 4. The number of nitrogens with zero attached hydrogens (tertiary/aromatic N) is 1. The Hall–Kier alpha value is -1.06. The van der Waals surface area contributed by atoms with E-state index in [0.717, 1.165) is 11.3 Å². The third-order valence-corrected chi connectivity index (χ3v) is 2.48. The van der Waals surface area contributed by atoms with Gasteiger partial charge >= 0.3 is 0 Å². The molecule has 0 spiro atoms. The molecule has 90 valence electrons. The summed E-state index contributed by atoms with van der Waals surface area (Å²) in [6.45, 7) is 6.18. The lowest BCUT2D eigenvalue weighted by Gasteiger charge is -2.27. The highest BCUT2D eigenvalue weighted by Crippen LogP contribution is 2.18. The summed E-state index contributed by atoms with van der Waals surface area (Å²) >= 11 is 0. The monoisotopic (exact) mass is 222 g/mol. The molecular weight excluding hydrogens is 200 g/mol. The molecule has 1 aromatic rings. The molecule has 0 aromatic heterocycles. The Kier molecular flexibility index (Phi) is 3.94. The molecule has 0 aliphatic rings. The largest absolute Gasteiger partial charge is 0.389 e. The average molecular weight is 222 g/mol. The van der Waals surface area contributed by atoms with Crippen LogP contribution in [0.2, 0.25) is 0 Å². The van der Waals surface area contributed by atoms with Gasteiger partial charge in [0, 0.05) is 25.3 Å². The predicted molar refractivity (Wildman–Crippen MR) is 68.6 cm³/mol. The Morgan fingerprint density at radius 1 is 1.31 bits per heavy atom. The van der Waals surface area contributed by atoms with Crippen molar-refractivity contribution in [1.29, 1.82) is 0 Å². The molecule has 0 amide bonds. The van der Waals surface area contributed by atoms with Crippen molar-refractivity contribution < 1.29 is 5.11 Å². The topological polar surface area (TPSA) is 49.5 Å². The van der Waals surface area contributed by atoms with Crippen LogP contribution in [0.3, 0.4) is 0 Å².